The van der Waals surface area contributed by atoms with Gasteiger partial charge in [-0.2, -0.15) is 0 Å². The summed E-state index contributed by atoms with van der Waals surface area (Å²) in [5.74, 6) is -1.05. The van der Waals surface area contributed by atoms with E-state index in [1.54, 1.807) is 30.6 Å². The number of rotatable bonds is 2. The van der Waals surface area contributed by atoms with Crippen LogP contribution < -0.4 is 5.43 Å². The Morgan fingerprint density at radius 1 is 1.10 bits per heavy atom. The number of nitrogens with one attached hydrogen (secondary N) is 1. The Morgan fingerprint density at radius 2 is 1.85 bits per heavy atom. The van der Waals surface area contributed by atoms with E-state index >= 15 is 0 Å². The predicted molar refractivity (Wildman–Crippen MR) is 74.8 cm³/mol. The lowest BCUT2D eigenvalue weighted by Crippen LogP contribution is -2.05. The minimum absolute atomic E-state index is 0.0969. The highest BCUT2D eigenvalue weighted by molar-refractivity contribution is 5.93. The van der Waals surface area contributed by atoms with Crippen LogP contribution in [-0.2, 0) is 0 Å². The number of fused-ring (bicyclic) bond motifs is 1. The molecule has 5 heteroatoms. The van der Waals surface area contributed by atoms with Crippen molar-refractivity contribution in [2.24, 2.45) is 0 Å². The van der Waals surface area contributed by atoms with E-state index in [0.717, 1.165) is 5.56 Å². The molecule has 98 valence electrons. The second-order valence-corrected chi connectivity index (χ2v) is 4.35. The first-order valence-corrected chi connectivity index (χ1v) is 5.96. The Balaban J connectivity index is 2.24. The van der Waals surface area contributed by atoms with Crippen molar-refractivity contribution in [3.05, 3.63) is 64.6 Å². The number of H-pyrrole nitrogens is 1. The summed E-state index contributed by atoms with van der Waals surface area (Å²) < 4.78 is 0. The van der Waals surface area contributed by atoms with E-state index in [4.69, 9.17) is 5.11 Å². The van der Waals surface area contributed by atoms with Gasteiger partial charge in [0.05, 0.1) is 5.56 Å². The summed E-state index contributed by atoms with van der Waals surface area (Å²) in [5.41, 5.74) is 2.01. The number of pyridine rings is 2. The monoisotopic (exact) mass is 266 g/mol. The van der Waals surface area contributed by atoms with Gasteiger partial charge >= 0.3 is 5.97 Å². The van der Waals surface area contributed by atoms with Gasteiger partial charge in [-0.1, -0.05) is 0 Å². The number of carboxylic acid groups (broad SMARTS) is 1. The van der Waals surface area contributed by atoms with E-state index in [-0.39, 0.29) is 11.0 Å². The topological polar surface area (TPSA) is 83.0 Å². The van der Waals surface area contributed by atoms with Crippen LogP contribution in [0.2, 0.25) is 0 Å². The van der Waals surface area contributed by atoms with Gasteiger partial charge in [0, 0.05) is 40.6 Å². The van der Waals surface area contributed by atoms with Crippen LogP contribution in [0.15, 0.2) is 53.6 Å². The fourth-order valence-electron chi connectivity index (χ4n) is 2.07. The number of benzene rings is 1. The molecule has 0 fully saturated rings. The lowest BCUT2D eigenvalue weighted by molar-refractivity contribution is 0.0697. The molecule has 3 aromatic rings. The SMILES string of the molecule is O=C(O)c1ccc2[nH]c(-c3ccncc3)cc(=O)c2c1. The minimum atomic E-state index is -1.05. The molecule has 1 aromatic carbocycles. The Morgan fingerprint density at radius 3 is 2.55 bits per heavy atom. The van der Waals surface area contributed by atoms with Gasteiger partial charge in [-0.15, -0.1) is 0 Å². The smallest absolute Gasteiger partial charge is 0.335 e. The van der Waals surface area contributed by atoms with E-state index in [9.17, 15) is 9.59 Å². The third-order valence-electron chi connectivity index (χ3n) is 3.07. The molecule has 0 bridgehead atoms. The van der Waals surface area contributed by atoms with Crippen LogP contribution in [0.4, 0.5) is 0 Å². The zero-order valence-corrected chi connectivity index (χ0v) is 10.3. The molecular formula is C15H10N2O3. The van der Waals surface area contributed by atoms with Crippen molar-refractivity contribution in [3.8, 4) is 11.3 Å². The molecule has 3 rings (SSSR count). The fourth-order valence-corrected chi connectivity index (χ4v) is 2.07. The van der Waals surface area contributed by atoms with Crippen molar-refractivity contribution < 1.29 is 9.90 Å². The lowest BCUT2D eigenvalue weighted by atomic mass is 10.1. The van der Waals surface area contributed by atoms with Crippen LogP contribution in [-0.4, -0.2) is 21.0 Å². The van der Waals surface area contributed by atoms with Gasteiger partial charge in [-0.05, 0) is 30.3 Å². The molecule has 0 atom stereocenters. The average Bonchev–Trinajstić information content (AvgIpc) is 2.47. The van der Waals surface area contributed by atoms with E-state index in [2.05, 4.69) is 9.97 Å². The summed E-state index contributed by atoms with van der Waals surface area (Å²) in [6.45, 7) is 0. The summed E-state index contributed by atoms with van der Waals surface area (Å²) in [6.07, 6.45) is 3.29. The first-order valence-electron chi connectivity index (χ1n) is 5.96. The number of hydrogen-bond acceptors (Lipinski definition) is 3. The molecule has 2 N–H and O–H groups in total. The summed E-state index contributed by atoms with van der Waals surface area (Å²) in [6, 6.07) is 9.50. The van der Waals surface area contributed by atoms with Crippen molar-refractivity contribution in [2.75, 3.05) is 0 Å². The summed E-state index contributed by atoms with van der Waals surface area (Å²) in [5, 5.41) is 9.31. The maximum Gasteiger partial charge on any atom is 0.335 e. The van der Waals surface area contributed by atoms with Crippen molar-refractivity contribution in [2.45, 2.75) is 0 Å². The highest BCUT2D eigenvalue weighted by atomic mass is 16.4. The quantitative estimate of drug-likeness (QED) is 0.745. The molecule has 0 spiro atoms. The predicted octanol–water partition coefficient (Wildman–Crippen LogP) is 2.29. The lowest BCUT2D eigenvalue weighted by Gasteiger charge is -2.05. The van der Waals surface area contributed by atoms with Crippen LogP contribution in [0.5, 0.6) is 0 Å². The van der Waals surface area contributed by atoms with Crippen LogP contribution in [0.1, 0.15) is 10.4 Å². The Bertz CT molecular complexity index is 854. The number of aromatic nitrogens is 2. The zero-order chi connectivity index (χ0) is 14.1. The van der Waals surface area contributed by atoms with Gasteiger partial charge < -0.3 is 10.1 Å². The molecule has 0 unspecified atom stereocenters. The van der Waals surface area contributed by atoms with Gasteiger partial charge in [-0.3, -0.25) is 9.78 Å². The van der Waals surface area contributed by atoms with Crippen LogP contribution >= 0.6 is 0 Å². The molecule has 5 nitrogen and oxygen atoms in total. The van der Waals surface area contributed by atoms with Crippen molar-refractivity contribution in [1.82, 2.24) is 9.97 Å². The molecule has 0 aliphatic carbocycles. The maximum atomic E-state index is 12.1. The summed E-state index contributed by atoms with van der Waals surface area (Å²) in [4.78, 5) is 30.1. The van der Waals surface area contributed by atoms with Crippen LogP contribution in [0.3, 0.4) is 0 Å². The summed E-state index contributed by atoms with van der Waals surface area (Å²) >= 11 is 0. The standard InChI is InChI=1S/C15H10N2O3/c18-14-8-13(9-3-5-16-6-4-9)17-12-2-1-10(15(19)20)7-11(12)14/h1-8H,(H,17,18)(H,19,20). The van der Waals surface area contributed by atoms with Crippen molar-refractivity contribution in [1.29, 1.82) is 0 Å². The van der Waals surface area contributed by atoms with E-state index < -0.39 is 5.97 Å². The van der Waals surface area contributed by atoms with Gasteiger partial charge in [0.1, 0.15) is 0 Å². The van der Waals surface area contributed by atoms with Crippen LogP contribution in [0, 0.1) is 0 Å². The van der Waals surface area contributed by atoms with Crippen LogP contribution in [0.25, 0.3) is 22.2 Å². The normalized spacial score (nSPS) is 10.6. The highest BCUT2D eigenvalue weighted by Gasteiger charge is 2.08. The van der Waals surface area contributed by atoms with Gasteiger partial charge in [-0.25, -0.2) is 4.79 Å². The molecule has 0 saturated carbocycles. The molecule has 2 heterocycles. The number of aromatic amines is 1. The first kappa shape index (κ1) is 12.1. The number of carboxylic acids is 1. The minimum Gasteiger partial charge on any atom is -0.478 e. The van der Waals surface area contributed by atoms with Gasteiger partial charge in [0.2, 0.25) is 0 Å². The molecule has 0 amide bonds. The molecule has 0 aliphatic heterocycles. The Labute approximate surface area is 113 Å². The number of nitrogens with zero attached hydrogens (tertiary/aromatic N) is 1. The molecule has 20 heavy (non-hydrogen) atoms. The molecule has 0 aliphatic rings. The van der Waals surface area contributed by atoms with Gasteiger partial charge in [0.25, 0.3) is 0 Å². The fraction of sp³-hybridized carbons (Fsp3) is 0. The molecule has 0 saturated heterocycles. The molecule has 2 aromatic heterocycles. The Kier molecular flexibility index (Phi) is 2.80. The maximum absolute atomic E-state index is 12.1. The average molecular weight is 266 g/mol. The van der Waals surface area contributed by atoms with E-state index in [0.29, 0.717) is 16.6 Å². The first-order chi connectivity index (χ1) is 9.65. The third kappa shape index (κ3) is 2.05. The second-order valence-electron chi connectivity index (χ2n) is 4.35. The number of hydrogen-bond donors (Lipinski definition) is 2. The molecular weight excluding hydrogens is 256 g/mol. The Hall–Kier alpha value is -2.95. The number of aromatic carboxylic acids is 1. The zero-order valence-electron chi connectivity index (χ0n) is 10.3. The number of carbonyl (C=O) groups is 1. The largest absolute Gasteiger partial charge is 0.478 e. The van der Waals surface area contributed by atoms with Crippen molar-refractivity contribution >= 4 is 16.9 Å². The van der Waals surface area contributed by atoms with Crippen molar-refractivity contribution in [3.63, 3.8) is 0 Å². The second kappa shape index (κ2) is 4.62. The summed E-state index contributed by atoms with van der Waals surface area (Å²) in [7, 11) is 0. The van der Waals surface area contributed by atoms with Gasteiger partial charge in [0.15, 0.2) is 5.43 Å². The van der Waals surface area contributed by atoms with E-state index in [1.807, 2.05) is 0 Å². The van der Waals surface area contributed by atoms with E-state index in [1.165, 1.54) is 18.2 Å². The third-order valence-corrected chi connectivity index (χ3v) is 3.07. The highest BCUT2D eigenvalue weighted by Crippen LogP contribution is 2.18. The molecule has 0 radical (unpaired) electrons.